The molecular weight excluding hydrogens is 446 g/mol. The Bertz CT molecular complexity index is 1370. The normalized spacial score (nSPS) is 10.9. The van der Waals surface area contributed by atoms with Gasteiger partial charge in [-0.25, -0.2) is 4.98 Å². The number of carbonyl (C=O) groups excluding carboxylic acids is 1. The van der Waals surface area contributed by atoms with E-state index in [1.54, 1.807) is 29.2 Å². The molecule has 0 aliphatic heterocycles. The zero-order valence-electron chi connectivity index (χ0n) is 19.1. The molecule has 0 unspecified atom stereocenters. The topological polar surface area (TPSA) is 75.4 Å². The van der Waals surface area contributed by atoms with Crippen molar-refractivity contribution in [1.29, 1.82) is 5.26 Å². The zero-order chi connectivity index (χ0) is 24.1. The summed E-state index contributed by atoms with van der Waals surface area (Å²) in [4.78, 5) is 19.9. The Kier molecular flexibility index (Phi) is 6.90. The SMILES string of the molecule is COc1cc(/C=C/C(=O)N(c2cc(C)cc(C)c2)c2nc3ccccc3s2)ccc1OCC#N. The average Bonchev–Trinajstić information content (AvgIpc) is 3.24. The molecule has 0 bridgehead atoms. The number of amides is 1. The molecule has 0 spiro atoms. The van der Waals surface area contributed by atoms with Gasteiger partial charge in [0.1, 0.15) is 6.07 Å². The van der Waals surface area contributed by atoms with Gasteiger partial charge < -0.3 is 9.47 Å². The van der Waals surface area contributed by atoms with Gasteiger partial charge >= 0.3 is 0 Å². The highest BCUT2D eigenvalue weighted by molar-refractivity contribution is 7.22. The van der Waals surface area contributed by atoms with Gasteiger partial charge in [0.05, 0.1) is 23.0 Å². The smallest absolute Gasteiger partial charge is 0.257 e. The summed E-state index contributed by atoms with van der Waals surface area (Å²) in [5.41, 5.74) is 4.51. The van der Waals surface area contributed by atoms with Crippen LogP contribution in [0.4, 0.5) is 10.8 Å². The fraction of sp³-hybridized carbons (Fsp3) is 0.148. The number of ether oxygens (including phenoxy) is 2. The van der Waals surface area contributed by atoms with Crippen LogP contribution in [0.2, 0.25) is 0 Å². The Balaban J connectivity index is 1.70. The molecule has 0 saturated heterocycles. The fourth-order valence-electron chi connectivity index (χ4n) is 3.63. The van der Waals surface area contributed by atoms with E-state index in [2.05, 4.69) is 6.07 Å². The summed E-state index contributed by atoms with van der Waals surface area (Å²) in [6.45, 7) is 3.95. The molecule has 7 heteroatoms. The first-order valence-corrected chi connectivity index (χ1v) is 11.4. The number of rotatable bonds is 7. The third kappa shape index (κ3) is 5.08. The van der Waals surface area contributed by atoms with Crippen molar-refractivity contribution in [2.24, 2.45) is 0 Å². The van der Waals surface area contributed by atoms with Crippen LogP contribution in [-0.4, -0.2) is 24.6 Å². The van der Waals surface area contributed by atoms with Crippen molar-refractivity contribution in [2.75, 3.05) is 18.6 Å². The minimum absolute atomic E-state index is 0.0724. The maximum Gasteiger partial charge on any atom is 0.257 e. The standard InChI is InChI=1S/C27H23N3O3S/c1-18-14-19(2)16-21(15-18)30(27-29-22-6-4-5-7-25(22)34-27)26(31)11-9-20-8-10-23(33-13-12-28)24(17-20)32-3/h4-11,14-17H,13H2,1-3H3/b11-9+. The number of nitrogens with zero attached hydrogens (tertiary/aromatic N) is 3. The predicted octanol–water partition coefficient (Wildman–Crippen LogP) is 6.20. The number of carbonyl (C=O) groups is 1. The van der Waals surface area contributed by atoms with Gasteiger partial charge in [0.2, 0.25) is 0 Å². The zero-order valence-corrected chi connectivity index (χ0v) is 19.9. The highest BCUT2D eigenvalue weighted by Crippen LogP contribution is 2.35. The van der Waals surface area contributed by atoms with E-state index in [1.165, 1.54) is 24.5 Å². The second-order valence-electron chi connectivity index (χ2n) is 7.67. The Morgan fingerprint density at radius 3 is 2.56 bits per heavy atom. The third-order valence-corrected chi connectivity index (χ3v) is 6.08. The van der Waals surface area contributed by atoms with Crippen molar-refractivity contribution < 1.29 is 14.3 Å². The molecule has 4 rings (SSSR count). The lowest BCUT2D eigenvalue weighted by Crippen LogP contribution is -2.23. The number of thiazole rings is 1. The molecule has 0 aliphatic rings. The number of aromatic nitrogens is 1. The van der Waals surface area contributed by atoms with Crippen molar-refractivity contribution in [2.45, 2.75) is 13.8 Å². The first kappa shape index (κ1) is 23.0. The average molecular weight is 470 g/mol. The number of aryl methyl sites for hydroxylation is 2. The van der Waals surface area contributed by atoms with E-state index in [1.807, 2.05) is 56.3 Å². The number of anilines is 2. The largest absolute Gasteiger partial charge is 0.493 e. The molecule has 0 atom stereocenters. The van der Waals surface area contributed by atoms with Gasteiger partial charge in [0, 0.05) is 6.08 Å². The lowest BCUT2D eigenvalue weighted by Gasteiger charge is -2.19. The Hall–Kier alpha value is -4.15. The highest BCUT2D eigenvalue weighted by atomic mass is 32.1. The van der Waals surface area contributed by atoms with E-state index in [4.69, 9.17) is 19.7 Å². The van der Waals surface area contributed by atoms with Gasteiger partial charge in [-0.05, 0) is 73.0 Å². The Labute approximate surface area is 202 Å². The van der Waals surface area contributed by atoms with Crippen LogP contribution in [0.25, 0.3) is 16.3 Å². The van der Waals surface area contributed by atoms with Gasteiger partial charge in [0.15, 0.2) is 23.2 Å². The maximum absolute atomic E-state index is 13.5. The van der Waals surface area contributed by atoms with Crippen LogP contribution < -0.4 is 14.4 Å². The van der Waals surface area contributed by atoms with Crippen molar-refractivity contribution >= 4 is 44.4 Å². The van der Waals surface area contributed by atoms with E-state index >= 15 is 0 Å². The number of methoxy groups -OCH3 is 1. The molecule has 0 aliphatic carbocycles. The lowest BCUT2D eigenvalue weighted by atomic mass is 10.1. The molecule has 6 nitrogen and oxygen atoms in total. The van der Waals surface area contributed by atoms with Gasteiger partial charge in [-0.2, -0.15) is 5.26 Å². The maximum atomic E-state index is 13.5. The molecule has 0 fully saturated rings. The van der Waals surface area contributed by atoms with Gasteiger partial charge in [-0.3, -0.25) is 9.69 Å². The van der Waals surface area contributed by atoms with E-state index in [-0.39, 0.29) is 12.5 Å². The first-order chi connectivity index (χ1) is 16.5. The molecule has 1 amide bonds. The highest BCUT2D eigenvalue weighted by Gasteiger charge is 2.20. The number of fused-ring (bicyclic) bond motifs is 1. The van der Waals surface area contributed by atoms with Crippen LogP contribution in [0, 0.1) is 25.2 Å². The van der Waals surface area contributed by atoms with Crippen LogP contribution in [0.15, 0.2) is 66.7 Å². The summed E-state index contributed by atoms with van der Waals surface area (Å²) < 4.78 is 11.7. The summed E-state index contributed by atoms with van der Waals surface area (Å²) in [5.74, 6) is 0.744. The number of para-hydroxylation sites is 1. The molecule has 1 aromatic heterocycles. The Morgan fingerprint density at radius 1 is 1.09 bits per heavy atom. The van der Waals surface area contributed by atoms with Crippen molar-refractivity contribution in [1.82, 2.24) is 4.98 Å². The lowest BCUT2D eigenvalue weighted by molar-refractivity contribution is -0.113. The number of benzene rings is 3. The summed E-state index contributed by atoms with van der Waals surface area (Å²) >= 11 is 1.47. The van der Waals surface area contributed by atoms with Gasteiger partial charge in [-0.15, -0.1) is 0 Å². The predicted molar refractivity (Wildman–Crippen MR) is 136 cm³/mol. The summed E-state index contributed by atoms with van der Waals surface area (Å²) in [6, 6.07) is 21.1. The molecule has 4 aromatic rings. The minimum atomic E-state index is -0.215. The molecule has 0 saturated carbocycles. The fourth-order valence-corrected chi connectivity index (χ4v) is 4.62. The molecule has 3 aromatic carbocycles. The first-order valence-electron chi connectivity index (χ1n) is 10.6. The molecule has 34 heavy (non-hydrogen) atoms. The van der Waals surface area contributed by atoms with Crippen LogP contribution in [0.5, 0.6) is 11.5 Å². The minimum Gasteiger partial charge on any atom is -0.493 e. The van der Waals surface area contributed by atoms with E-state index in [0.717, 1.165) is 32.6 Å². The van der Waals surface area contributed by atoms with Crippen LogP contribution >= 0.6 is 11.3 Å². The summed E-state index contributed by atoms with van der Waals surface area (Å²) in [6.07, 6.45) is 3.25. The van der Waals surface area contributed by atoms with E-state index in [9.17, 15) is 4.79 Å². The van der Waals surface area contributed by atoms with Crippen molar-refractivity contribution in [3.63, 3.8) is 0 Å². The molecular formula is C27H23N3O3S. The second-order valence-corrected chi connectivity index (χ2v) is 8.68. The molecule has 170 valence electrons. The van der Waals surface area contributed by atoms with Crippen molar-refractivity contribution in [3.8, 4) is 17.6 Å². The summed E-state index contributed by atoms with van der Waals surface area (Å²) in [5, 5.41) is 9.35. The Morgan fingerprint density at radius 2 is 1.85 bits per heavy atom. The molecule has 1 heterocycles. The van der Waals surface area contributed by atoms with Crippen LogP contribution in [0.3, 0.4) is 0 Å². The van der Waals surface area contributed by atoms with E-state index < -0.39 is 0 Å². The van der Waals surface area contributed by atoms with Crippen LogP contribution in [0.1, 0.15) is 16.7 Å². The van der Waals surface area contributed by atoms with Gasteiger partial charge in [-0.1, -0.05) is 35.6 Å². The number of hydrogen-bond acceptors (Lipinski definition) is 6. The monoisotopic (exact) mass is 469 g/mol. The quantitative estimate of drug-likeness (QED) is 0.301. The number of hydrogen-bond donors (Lipinski definition) is 0. The third-order valence-electron chi connectivity index (χ3n) is 5.06. The van der Waals surface area contributed by atoms with Gasteiger partial charge in [0.25, 0.3) is 5.91 Å². The van der Waals surface area contributed by atoms with Crippen LogP contribution in [-0.2, 0) is 4.79 Å². The van der Waals surface area contributed by atoms with E-state index in [0.29, 0.717) is 16.6 Å². The second kappa shape index (κ2) is 10.2. The molecule has 0 radical (unpaired) electrons. The molecule has 0 N–H and O–H groups in total. The summed E-state index contributed by atoms with van der Waals surface area (Å²) in [7, 11) is 1.53. The number of nitriles is 1. The van der Waals surface area contributed by atoms with Crippen molar-refractivity contribution in [3.05, 3.63) is 83.4 Å².